The Morgan fingerprint density at radius 3 is 2.68 bits per heavy atom. The highest BCUT2D eigenvalue weighted by atomic mass is 32.2. The van der Waals surface area contributed by atoms with E-state index in [-0.39, 0.29) is 11.8 Å². The Morgan fingerprint density at radius 1 is 1.15 bits per heavy atom. The number of furan rings is 1. The number of anilines is 1. The maximum atomic E-state index is 12.8. The fraction of sp³-hybridized carbons (Fsp3) is 0.385. The molecule has 4 rings (SSSR count). The molecule has 178 valence electrons. The molecule has 0 radical (unpaired) electrons. The van der Waals surface area contributed by atoms with Crippen LogP contribution < -0.4 is 10.6 Å². The minimum Gasteiger partial charge on any atom is -0.443 e. The molecular formula is C26H30N4O3S. The van der Waals surface area contributed by atoms with Crippen molar-refractivity contribution in [1.29, 1.82) is 0 Å². The third-order valence-corrected chi connectivity index (χ3v) is 7.02. The van der Waals surface area contributed by atoms with Gasteiger partial charge in [-0.3, -0.25) is 9.59 Å². The van der Waals surface area contributed by atoms with E-state index in [1.165, 1.54) is 30.2 Å². The molecule has 0 bridgehead atoms. The Labute approximate surface area is 203 Å². The average molecular weight is 479 g/mol. The Hall–Kier alpha value is -3.13. The monoisotopic (exact) mass is 478 g/mol. The quantitative estimate of drug-likeness (QED) is 0.249. The Bertz CT molecular complexity index is 1220. The van der Waals surface area contributed by atoms with Crippen LogP contribution in [0.1, 0.15) is 60.7 Å². The molecule has 1 atom stereocenters. The molecule has 0 saturated heterocycles. The van der Waals surface area contributed by atoms with Crippen LogP contribution in [-0.4, -0.2) is 33.6 Å². The lowest BCUT2D eigenvalue weighted by Crippen LogP contribution is -2.32. The largest absolute Gasteiger partial charge is 0.443 e. The fourth-order valence-corrected chi connectivity index (χ4v) is 4.76. The molecule has 7 nitrogen and oxygen atoms in total. The molecule has 2 heterocycles. The van der Waals surface area contributed by atoms with Crippen molar-refractivity contribution in [2.75, 3.05) is 11.9 Å². The number of nitrogens with zero attached hydrogens (tertiary/aromatic N) is 2. The van der Waals surface area contributed by atoms with E-state index < -0.39 is 5.25 Å². The van der Waals surface area contributed by atoms with E-state index in [0.717, 1.165) is 24.8 Å². The maximum Gasteiger partial charge on any atom is 0.256 e. The van der Waals surface area contributed by atoms with Crippen molar-refractivity contribution < 1.29 is 14.0 Å². The van der Waals surface area contributed by atoms with Crippen LogP contribution in [0.2, 0.25) is 0 Å². The highest BCUT2D eigenvalue weighted by molar-refractivity contribution is 8.00. The molecule has 0 spiro atoms. The molecule has 3 aromatic rings. The van der Waals surface area contributed by atoms with Crippen LogP contribution in [0.4, 0.5) is 5.82 Å². The van der Waals surface area contributed by atoms with Gasteiger partial charge in [0, 0.05) is 17.7 Å². The van der Waals surface area contributed by atoms with Gasteiger partial charge in [0.15, 0.2) is 5.16 Å². The van der Waals surface area contributed by atoms with Crippen LogP contribution >= 0.6 is 11.8 Å². The predicted octanol–water partition coefficient (Wildman–Crippen LogP) is 5.58. The summed E-state index contributed by atoms with van der Waals surface area (Å²) in [6.45, 7) is 6.22. The standard InChI is InChI=1S/C26H30N4O3S/c1-16-17(2)33-25-21(16)22(28-24(32)20-12-8-5-9-13-20)29-26(30-25)34-18(3)23(31)27-15-14-19-10-6-4-7-11-19/h5,8-10,12-13,18H,4,6-7,11,14-15H2,1-3H3,(H,27,31)(H,28,29,30,32). The smallest absolute Gasteiger partial charge is 0.256 e. The van der Waals surface area contributed by atoms with E-state index in [4.69, 9.17) is 4.42 Å². The number of aromatic nitrogens is 2. The molecule has 1 aliphatic rings. The molecule has 1 aromatic carbocycles. The normalized spacial score (nSPS) is 14.5. The summed E-state index contributed by atoms with van der Waals surface area (Å²) < 4.78 is 5.82. The second kappa shape index (κ2) is 10.9. The summed E-state index contributed by atoms with van der Waals surface area (Å²) in [6.07, 6.45) is 7.97. The number of rotatable bonds is 8. The van der Waals surface area contributed by atoms with Gasteiger partial charge in [-0.2, -0.15) is 4.98 Å². The van der Waals surface area contributed by atoms with Crippen molar-refractivity contribution in [3.8, 4) is 0 Å². The van der Waals surface area contributed by atoms with Gasteiger partial charge in [-0.05, 0) is 65.0 Å². The van der Waals surface area contributed by atoms with Crippen LogP contribution in [0.3, 0.4) is 0 Å². The van der Waals surface area contributed by atoms with E-state index in [0.29, 0.717) is 39.9 Å². The maximum absolute atomic E-state index is 12.8. The SMILES string of the molecule is Cc1oc2nc(SC(C)C(=O)NCCC3=CCCCC3)nc(NC(=O)c3ccccc3)c2c1C. The van der Waals surface area contributed by atoms with E-state index in [1.807, 2.05) is 39.0 Å². The lowest BCUT2D eigenvalue weighted by molar-refractivity contribution is -0.120. The van der Waals surface area contributed by atoms with E-state index >= 15 is 0 Å². The van der Waals surface area contributed by atoms with Crippen molar-refractivity contribution in [1.82, 2.24) is 15.3 Å². The van der Waals surface area contributed by atoms with Gasteiger partial charge in [-0.1, -0.05) is 41.6 Å². The predicted molar refractivity (Wildman–Crippen MR) is 135 cm³/mol. The molecule has 0 saturated carbocycles. The third-order valence-electron chi connectivity index (χ3n) is 6.06. The molecule has 0 aliphatic heterocycles. The lowest BCUT2D eigenvalue weighted by atomic mass is 9.97. The van der Waals surface area contributed by atoms with Gasteiger partial charge in [-0.25, -0.2) is 4.98 Å². The molecule has 2 aromatic heterocycles. The summed E-state index contributed by atoms with van der Waals surface area (Å²) in [7, 11) is 0. The van der Waals surface area contributed by atoms with Crippen molar-refractivity contribution in [3.05, 3.63) is 58.9 Å². The molecule has 2 N–H and O–H groups in total. The number of carbonyl (C=O) groups excluding carboxylic acids is 2. The summed E-state index contributed by atoms with van der Waals surface area (Å²) in [5, 5.41) is 6.57. The van der Waals surface area contributed by atoms with Gasteiger partial charge >= 0.3 is 0 Å². The first kappa shape index (κ1) is 24.0. The van der Waals surface area contributed by atoms with Crippen molar-refractivity contribution in [2.24, 2.45) is 0 Å². The summed E-state index contributed by atoms with van der Waals surface area (Å²) in [5.74, 6) is 0.765. The van der Waals surface area contributed by atoms with Crippen molar-refractivity contribution in [3.63, 3.8) is 0 Å². The van der Waals surface area contributed by atoms with Crippen LogP contribution in [0.5, 0.6) is 0 Å². The molecule has 8 heteroatoms. The van der Waals surface area contributed by atoms with Crippen LogP contribution in [-0.2, 0) is 4.79 Å². The number of fused-ring (bicyclic) bond motifs is 1. The van der Waals surface area contributed by atoms with Gasteiger partial charge in [0.1, 0.15) is 11.6 Å². The molecule has 1 aliphatic carbocycles. The van der Waals surface area contributed by atoms with Crippen molar-refractivity contribution >= 4 is 40.5 Å². The van der Waals surface area contributed by atoms with Gasteiger partial charge < -0.3 is 15.1 Å². The Balaban J connectivity index is 1.48. The highest BCUT2D eigenvalue weighted by Gasteiger charge is 2.22. The number of benzene rings is 1. The number of hydrogen-bond acceptors (Lipinski definition) is 6. The van der Waals surface area contributed by atoms with Gasteiger partial charge in [0.2, 0.25) is 11.6 Å². The molecule has 34 heavy (non-hydrogen) atoms. The number of nitrogens with one attached hydrogen (secondary N) is 2. The first-order valence-electron chi connectivity index (χ1n) is 11.7. The van der Waals surface area contributed by atoms with E-state index in [1.54, 1.807) is 12.1 Å². The minimum atomic E-state index is -0.396. The van der Waals surface area contributed by atoms with Crippen LogP contribution in [0.25, 0.3) is 11.1 Å². The summed E-state index contributed by atoms with van der Waals surface area (Å²) in [4.78, 5) is 34.6. The first-order chi connectivity index (χ1) is 16.4. The van der Waals surface area contributed by atoms with Gasteiger partial charge in [-0.15, -0.1) is 0 Å². The summed E-state index contributed by atoms with van der Waals surface area (Å²) >= 11 is 1.24. The molecule has 1 unspecified atom stereocenters. The second-order valence-corrected chi connectivity index (χ2v) is 9.86. The summed E-state index contributed by atoms with van der Waals surface area (Å²) in [6, 6.07) is 8.96. The Kier molecular flexibility index (Phi) is 7.67. The van der Waals surface area contributed by atoms with Crippen LogP contribution in [0, 0.1) is 13.8 Å². The zero-order valence-corrected chi connectivity index (χ0v) is 20.6. The van der Waals surface area contributed by atoms with E-state index in [9.17, 15) is 9.59 Å². The van der Waals surface area contributed by atoms with E-state index in [2.05, 4.69) is 26.7 Å². The summed E-state index contributed by atoms with van der Waals surface area (Å²) in [5.41, 5.74) is 3.23. The topological polar surface area (TPSA) is 97.1 Å². The van der Waals surface area contributed by atoms with Crippen LogP contribution in [0.15, 0.2) is 51.6 Å². The number of aryl methyl sites for hydroxylation is 2. The zero-order chi connectivity index (χ0) is 24.1. The Morgan fingerprint density at radius 2 is 1.94 bits per heavy atom. The number of amides is 2. The van der Waals surface area contributed by atoms with Gasteiger partial charge in [0.05, 0.1) is 10.6 Å². The minimum absolute atomic E-state index is 0.0632. The molecular weight excluding hydrogens is 448 g/mol. The zero-order valence-electron chi connectivity index (χ0n) is 19.8. The fourth-order valence-electron chi connectivity index (χ4n) is 3.98. The lowest BCUT2D eigenvalue weighted by Gasteiger charge is -2.15. The molecule has 2 amide bonds. The highest BCUT2D eigenvalue weighted by Crippen LogP contribution is 2.32. The molecule has 0 fully saturated rings. The van der Waals surface area contributed by atoms with Gasteiger partial charge in [0.25, 0.3) is 5.91 Å². The second-order valence-electron chi connectivity index (χ2n) is 8.55. The first-order valence-corrected chi connectivity index (χ1v) is 12.6. The average Bonchev–Trinajstić information content (AvgIpc) is 3.13. The third kappa shape index (κ3) is 5.67. The van der Waals surface area contributed by atoms with Crippen molar-refractivity contribution in [2.45, 2.75) is 63.3 Å². The number of carbonyl (C=O) groups is 2. The number of thioether (sulfide) groups is 1. The number of allylic oxidation sites excluding steroid dienone is 1. The number of hydrogen-bond donors (Lipinski definition) is 2.